The number of aromatic nitrogens is 4. The Balaban J connectivity index is 1.17. The second-order valence-electron chi connectivity index (χ2n) is 13.4. The lowest BCUT2D eigenvalue weighted by molar-refractivity contribution is -0.0365. The van der Waals surface area contributed by atoms with Crippen molar-refractivity contribution in [3.8, 4) is 17.0 Å². The van der Waals surface area contributed by atoms with Crippen LogP contribution in [0, 0.1) is 0 Å². The minimum absolute atomic E-state index is 0.00687. The third-order valence-corrected chi connectivity index (χ3v) is 13.1. The van der Waals surface area contributed by atoms with Gasteiger partial charge in [-0.15, -0.1) is 0 Å². The molecule has 0 amide bonds. The van der Waals surface area contributed by atoms with Crippen LogP contribution in [0.4, 0.5) is 0 Å². The predicted octanol–water partition coefficient (Wildman–Crippen LogP) is 7.62. The van der Waals surface area contributed by atoms with Crippen LogP contribution < -0.4 is 4.43 Å². The fourth-order valence-electron chi connectivity index (χ4n) is 5.12. The standard InChI is InChI=1S/C35H50N4O5Si/c1-27(25-41-26-28-12-8-7-9-13-28)42-21-20-40-19-17-38-24-29(23-36-38)34-31-22-30(44-45(5,6)35(2,3)4)15-16-32(31)39(37-34)33-14-10-11-18-43-33/h7-9,12-13,15-16,22-24,27,33H,10-11,14,17-21,25-26H2,1-6H3. The van der Waals surface area contributed by atoms with E-state index in [1.54, 1.807) is 0 Å². The Kier molecular flexibility index (Phi) is 11.1. The Labute approximate surface area is 268 Å². The molecule has 0 N–H and O–H groups in total. The van der Waals surface area contributed by atoms with E-state index in [0.29, 0.717) is 39.6 Å². The summed E-state index contributed by atoms with van der Waals surface area (Å²) in [5.41, 5.74) is 4.07. The average Bonchev–Trinajstić information content (AvgIpc) is 3.64. The van der Waals surface area contributed by atoms with Crippen molar-refractivity contribution in [2.75, 3.05) is 33.0 Å². The van der Waals surface area contributed by atoms with Gasteiger partial charge in [0, 0.05) is 23.8 Å². The molecule has 1 aliphatic heterocycles. The summed E-state index contributed by atoms with van der Waals surface area (Å²) >= 11 is 0. The second kappa shape index (κ2) is 15.0. The SMILES string of the molecule is CC(COCc1ccccc1)OCCOCCn1cc(-c2nn(C3CCCCO3)c3ccc(O[Si](C)(C)C(C)(C)C)cc23)cn1. The molecule has 10 heteroatoms. The molecule has 9 nitrogen and oxygen atoms in total. The van der Waals surface area contributed by atoms with Gasteiger partial charge in [0.2, 0.25) is 8.32 Å². The topological polar surface area (TPSA) is 81.8 Å². The van der Waals surface area contributed by atoms with Crippen LogP contribution in [-0.2, 0) is 32.1 Å². The highest BCUT2D eigenvalue weighted by Crippen LogP contribution is 2.39. The third-order valence-electron chi connectivity index (χ3n) is 8.75. The fourth-order valence-corrected chi connectivity index (χ4v) is 6.14. The summed E-state index contributed by atoms with van der Waals surface area (Å²) in [6.45, 7) is 17.5. The highest BCUT2D eigenvalue weighted by atomic mass is 28.4. The number of hydrogen-bond acceptors (Lipinski definition) is 7. The van der Waals surface area contributed by atoms with E-state index in [1.165, 1.54) is 0 Å². The van der Waals surface area contributed by atoms with Crippen LogP contribution in [-0.4, -0.2) is 67.0 Å². The number of hydrogen-bond donors (Lipinski definition) is 0. The quantitative estimate of drug-likeness (QED) is 0.0983. The van der Waals surface area contributed by atoms with Crippen molar-refractivity contribution in [1.82, 2.24) is 19.6 Å². The zero-order valence-electron chi connectivity index (χ0n) is 27.8. The van der Waals surface area contributed by atoms with Crippen molar-refractivity contribution < 1.29 is 23.4 Å². The smallest absolute Gasteiger partial charge is 0.250 e. The lowest BCUT2D eigenvalue weighted by Crippen LogP contribution is -2.43. The van der Waals surface area contributed by atoms with E-state index in [0.717, 1.165) is 59.3 Å². The summed E-state index contributed by atoms with van der Waals surface area (Å²) in [5, 5.41) is 10.9. The first kappa shape index (κ1) is 33.3. The number of ether oxygens (including phenoxy) is 4. The minimum atomic E-state index is -2.00. The van der Waals surface area contributed by atoms with Crippen LogP contribution in [0.25, 0.3) is 22.2 Å². The molecule has 3 heterocycles. The molecule has 1 saturated heterocycles. The first-order valence-corrected chi connectivity index (χ1v) is 19.2. The lowest BCUT2D eigenvalue weighted by atomic mass is 10.1. The van der Waals surface area contributed by atoms with Crippen molar-refractivity contribution >= 4 is 19.2 Å². The molecule has 0 radical (unpaired) electrons. The molecule has 0 spiro atoms. The van der Waals surface area contributed by atoms with E-state index >= 15 is 0 Å². The maximum atomic E-state index is 6.68. The summed E-state index contributed by atoms with van der Waals surface area (Å²) in [4.78, 5) is 0. The molecule has 45 heavy (non-hydrogen) atoms. The van der Waals surface area contributed by atoms with Gasteiger partial charge in [-0.2, -0.15) is 10.2 Å². The molecular weight excluding hydrogens is 584 g/mol. The van der Waals surface area contributed by atoms with Crippen molar-refractivity contribution in [3.63, 3.8) is 0 Å². The van der Waals surface area contributed by atoms with Gasteiger partial charge < -0.3 is 23.4 Å². The maximum Gasteiger partial charge on any atom is 0.250 e. The molecule has 2 aromatic heterocycles. The van der Waals surface area contributed by atoms with Crippen molar-refractivity contribution in [2.24, 2.45) is 0 Å². The van der Waals surface area contributed by atoms with E-state index in [1.807, 2.05) is 46.9 Å². The van der Waals surface area contributed by atoms with Crippen molar-refractivity contribution in [1.29, 1.82) is 0 Å². The van der Waals surface area contributed by atoms with E-state index in [2.05, 4.69) is 69.3 Å². The third kappa shape index (κ3) is 8.83. The normalized spacial score (nSPS) is 16.7. The Morgan fingerprint density at radius 1 is 1.02 bits per heavy atom. The zero-order chi connectivity index (χ0) is 31.9. The Hall–Kier alpha value is -3.02. The van der Waals surface area contributed by atoms with Gasteiger partial charge in [-0.05, 0) is 68.1 Å². The van der Waals surface area contributed by atoms with Crippen LogP contribution in [0.2, 0.25) is 18.1 Å². The molecule has 1 fully saturated rings. The summed E-state index contributed by atoms with van der Waals surface area (Å²) < 4.78 is 34.2. The monoisotopic (exact) mass is 634 g/mol. The molecule has 4 aromatic rings. The van der Waals surface area contributed by atoms with Gasteiger partial charge in [0.05, 0.1) is 57.4 Å². The molecule has 5 rings (SSSR count). The molecular formula is C35H50N4O5Si. The Morgan fingerprint density at radius 2 is 1.84 bits per heavy atom. The summed E-state index contributed by atoms with van der Waals surface area (Å²) in [6, 6.07) is 16.5. The first-order chi connectivity index (χ1) is 21.6. The van der Waals surface area contributed by atoms with Crippen LogP contribution >= 0.6 is 0 Å². The summed E-state index contributed by atoms with van der Waals surface area (Å²) in [5.74, 6) is 0.888. The molecule has 1 aliphatic rings. The van der Waals surface area contributed by atoms with Gasteiger partial charge in [0.1, 0.15) is 11.4 Å². The van der Waals surface area contributed by atoms with Gasteiger partial charge in [-0.3, -0.25) is 4.68 Å². The first-order valence-electron chi connectivity index (χ1n) is 16.3. The van der Waals surface area contributed by atoms with E-state index in [4.69, 9.17) is 28.5 Å². The van der Waals surface area contributed by atoms with Crippen LogP contribution in [0.1, 0.15) is 58.7 Å². The molecule has 2 unspecified atom stereocenters. The highest BCUT2D eigenvalue weighted by Gasteiger charge is 2.39. The molecule has 0 bridgehead atoms. The van der Waals surface area contributed by atoms with Gasteiger partial charge in [0.25, 0.3) is 0 Å². The zero-order valence-corrected chi connectivity index (χ0v) is 28.8. The molecule has 0 saturated carbocycles. The van der Waals surface area contributed by atoms with Gasteiger partial charge >= 0.3 is 0 Å². The molecule has 0 aliphatic carbocycles. The highest BCUT2D eigenvalue weighted by molar-refractivity contribution is 6.74. The number of rotatable bonds is 15. The fraction of sp³-hybridized carbons (Fsp3) is 0.543. The van der Waals surface area contributed by atoms with Crippen LogP contribution in [0.15, 0.2) is 60.9 Å². The van der Waals surface area contributed by atoms with Gasteiger partial charge in [0.15, 0.2) is 6.23 Å². The van der Waals surface area contributed by atoms with Gasteiger partial charge in [-0.25, -0.2) is 4.68 Å². The predicted molar refractivity (Wildman–Crippen MR) is 180 cm³/mol. The van der Waals surface area contributed by atoms with Crippen LogP contribution in [0.5, 0.6) is 5.75 Å². The Morgan fingerprint density at radius 3 is 2.60 bits per heavy atom. The summed E-state index contributed by atoms with van der Waals surface area (Å²) in [6.07, 6.45) is 7.06. The van der Waals surface area contributed by atoms with E-state index in [9.17, 15) is 0 Å². The number of fused-ring (bicyclic) bond motifs is 1. The number of nitrogens with zero attached hydrogens (tertiary/aromatic N) is 4. The Bertz CT molecular complexity index is 1490. The van der Waals surface area contributed by atoms with Crippen LogP contribution in [0.3, 0.4) is 0 Å². The molecule has 2 aromatic carbocycles. The maximum absolute atomic E-state index is 6.68. The second-order valence-corrected chi connectivity index (χ2v) is 18.2. The van der Waals surface area contributed by atoms with Crippen molar-refractivity contribution in [3.05, 3.63) is 66.5 Å². The molecule has 244 valence electrons. The van der Waals surface area contributed by atoms with Gasteiger partial charge in [-0.1, -0.05) is 51.1 Å². The minimum Gasteiger partial charge on any atom is -0.543 e. The summed E-state index contributed by atoms with van der Waals surface area (Å²) in [7, 11) is -2.00. The van der Waals surface area contributed by atoms with E-state index < -0.39 is 8.32 Å². The van der Waals surface area contributed by atoms with Crippen molar-refractivity contribution in [2.45, 2.75) is 90.6 Å². The number of benzene rings is 2. The lowest BCUT2D eigenvalue weighted by Gasteiger charge is -2.36. The largest absolute Gasteiger partial charge is 0.543 e. The molecule has 2 atom stereocenters. The van der Waals surface area contributed by atoms with E-state index in [-0.39, 0.29) is 17.4 Å². The average molecular weight is 635 g/mol.